The first kappa shape index (κ1) is 10.1. The van der Waals surface area contributed by atoms with Crippen LogP contribution in [0.15, 0.2) is 17.2 Å². The summed E-state index contributed by atoms with van der Waals surface area (Å²) >= 11 is 1.80. The fourth-order valence-corrected chi connectivity index (χ4v) is 2.68. The van der Waals surface area contributed by atoms with Crippen LogP contribution < -0.4 is 10.2 Å². The molecule has 0 atom stereocenters. The SMILES string of the molecule is C1=Cc2nc(N3CCNCC3)ncc2SC1. The fourth-order valence-electron chi connectivity index (χ4n) is 1.92. The lowest BCUT2D eigenvalue weighted by atomic mass is 10.3. The Kier molecular flexibility index (Phi) is 2.80. The van der Waals surface area contributed by atoms with Gasteiger partial charge in [-0.3, -0.25) is 0 Å². The molecule has 16 heavy (non-hydrogen) atoms. The molecule has 0 aromatic carbocycles. The molecule has 0 bridgehead atoms. The Morgan fingerprint density at radius 2 is 2.19 bits per heavy atom. The second-order valence-electron chi connectivity index (χ2n) is 3.87. The largest absolute Gasteiger partial charge is 0.338 e. The maximum atomic E-state index is 4.62. The van der Waals surface area contributed by atoms with Gasteiger partial charge in [0.25, 0.3) is 0 Å². The van der Waals surface area contributed by atoms with Crippen molar-refractivity contribution in [2.45, 2.75) is 4.90 Å². The van der Waals surface area contributed by atoms with Crippen molar-refractivity contribution in [3.63, 3.8) is 0 Å². The zero-order valence-electron chi connectivity index (χ0n) is 9.02. The van der Waals surface area contributed by atoms with Crippen LogP contribution in [0.1, 0.15) is 5.69 Å². The maximum absolute atomic E-state index is 4.62. The second kappa shape index (κ2) is 4.43. The number of nitrogens with zero attached hydrogens (tertiary/aromatic N) is 3. The first-order valence-corrected chi connectivity index (χ1v) is 6.54. The van der Waals surface area contributed by atoms with E-state index in [0.717, 1.165) is 43.6 Å². The number of thioether (sulfide) groups is 1. The lowest BCUT2D eigenvalue weighted by Crippen LogP contribution is -2.44. The first-order chi connectivity index (χ1) is 7.93. The number of rotatable bonds is 1. The van der Waals surface area contributed by atoms with Crippen molar-refractivity contribution in [2.75, 3.05) is 36.8 Å². The van der Waals surface area contributed by atoms with Crippen LogP contribution in [0.2, 0.25) is 0 Å². The average molecular weight is 234 g/mol. The smallest absolute Gasteiger partial charge is 0.225 e. The van der Waals surface area contributed by atoms with E-state index in [0.29, 0.717) is 0 Å². The van der Waals surface area contributed by atoms with Crippen molar-refractivity contribution in [3.05, 3.63) is 18.0 Å². The molecule has 5 heteroatoms. The summed E-state index contributed by atoms with van der Waals surface area (Å²) in [6.45, 7) is 4.03. The molecule has 0 aliphatic carbocycles. The van der Waals surface area contributed by atoms with Gasteiger partial charge in [-0.25, -0.2) is 9.97 Å². The van der Waals surface area contributed by atoms with Crippen LogP contribution in [-0.2, 0) is 0 Å². The number of hydrogen-bond acceptors (Lipinski definition) is 5. The minimum absolute atomic E-state index is 0.868. The fraction of sp³-hybridized carbons (Fsp3) is 0.455. The molecule has 0 unspecified atom stereocenters. The molecule has 0 saturated carbocycles. The number of fused-ring (bicyclic) bond motifs is 1. The van der Waals surface area contributed by atoms with E-state index in [-0.39, 0.29) is 0 Å². The predicted octanol–water partition coefficient (Wildman–Crippen LogP) is 1.01. The van der Waals surface area contributed by atoms with Crippen LogP contribution >= 0.6 is 11.8 Å². The molecule has 1 saturated heterocycles. The normalized spacial score (nSPS) is 19.6. The third-order valence-corrected chi connectivity index (χ3v) is 3.77. The van der Waals surface area contributed by atoms with Gasteiger partial charge in [-0.2, -0.15) is 0 Å². The van der Waals surface area contributed by atoms with E-state index in [9.17, 15) is 0 Å². The van der Waals surface area contributed by atoms with Crippen LogP contribution in [0.3, 0.4) is 0 Å². The van der Waals surface area contributed by atoms with E-state index >= 15 is 0 Å². The summed E-state index contributed by atoms with van der Waals surface area (Å²) in [6, 6.07) is 0. The van der Waals surface area contributed by atoms with Crippen LogP contribution in [0.4, 0.5) is 5.95 Å². The molecule has 0 radical (unpaired) electrons. The van der Waals surface area contributed by atoms with Gasteiger partial charge in [-0.15, -0.1) is 11.8 Å². The Labute approximate surface area is 99.2 Å². The summed E-state index contributed by atoms with van der Waals surface area (Å²) in [5.74, 6) is 1.90. The van der Waals surface area contributed by atoms with E-state index in [2.05, 4.69) is 32.3 Å². The maximum Gasteiger partial charge on any atom is 0.225 e. The van der Waals surface area contributed by atoms with Crippen LogP contribution in [-0.4, -0.2) is 41.9 Å². The molecule has 0 amide bonds. The van der Waals surface area contributed by atoms with Gasteiger partial charge >= 0.3 is 0 Å². The van der Waals surface area contributed by atoms with Gasteiger partial charge in [0.2, 0.25) is 5.95 Å². The van der Waals surface area contributed by atoms with Crippen LogP contribution in [0.25, 0.3) is 6.08 Å². The average Bonchev–Trinajstić information content (AvgIpc) is 2.39. The van der Waals surface area contributed by atoms with Crippen molar-refractivity contribution in [2.24, 2.45) is 0 Å². The zero-order chi connectivity index (χ0) is 10.8. The minimum Gasteiger partial charge on any atom is -0.338 e. The van der Waals surface area contributed by atoms with Crippen LogP contribution in [0, 0.1) is 0 Å². The Morgan fingerprint density at radius 3 is 3.06 bits per heavy atom. The number of nitrogens with one attached hydrogen (secondary N) is 1. The summed E-state index contributed by atoms with van der Waals surface area (Å²) in [5.41, 5.74) is 1.07. The molecule has 4 nitrogen and oxygen atoms in total. The van der Waals surface area contributed by atoms with Crippen molar-refractivity contribution in [1.29, 1.82) is 0 Å². The summed E-state index contributed by atoms with van der Waals surface area (Å²) in [4.78, 5) is 12.5. The van der Waals surface area contributed by atoms with Crippen molar-refractivity contribution in [1.82, 2.24) is 15.3 Å². The third-order valence-electron chi connectivity index (χ3n) is 2.78. The zero-order valence-corrected chi connectivity index (χ0v) is 9.83. The summed E-state index contributed by atoms with van der Waals surface area (Å²) in [6.07, 6.45) is 6.20. The molecule has 3 rings (SSSR count). The number of aromatic nitrogens is 2. The van der Waals surface area contributed by atoms with Gasteiger partial charge in [-0.05, 0) is 6.08 Å². The van der Waals surface area contributed by atoms with Crippen LogP contribution in [0.5, 0.6) is 0 Å². The highest BCUT2D eigenvalue weighted by Crippen LogP contribution is 2.27. The first-order valence-electron chi connectivity index (χ1n) is 5.55. The Bertz CT molecular complexity index is 412. The lowest BCUT2D eigenvalue weighted by molar-refractivity contribution is 0.579. The summed E-state index contributed by atoms with van der Waals surface area (Å²) in [5, 5.41) is 3.33. The third kappa shape index (κ3) is 1.92. The highest BCUT2D eigenvalue weighted by Gasteiger charge is 2.15. The molecular weight excluding hydrogens is 220 g/mol. The van der Waals surface area contributed by atoms with E-state index in [1.54, 1.807) is 11.8 Å². The second-order valence-corrected chi connectivity index (χ2v) is 4.93. The molecule has 1 N–H and O–H groups in total. The Balaban J connectivity index is 1.88. The highest BCUT2D eigenvalue weighted by atomic mass is 32.2. The Morgan fingerprint density at radius 1 is 1.31 bits per heavy atom. The summed E-state index contributed by atoms with van der Waals surface area (Å²) in [7, 11) is 0. The number of anilines is 1. The lowest BCUT2D eigenvalue weighted by Gasteiger charge is -2.27. The Hall–Kier alpha value is -1.07. The molecule has 0 spiro atoms. The van der Waals surface area contributed by atoms with Gasteiger partial charge in [-0.1, -0.05) is 6.08 Å². The molecule has 2 aliphatic rings. The van der Waals surface area contributed by atoms with Gasteiger partial charge in [0.1, 0.15) is 0 Å². The number of piperazine rings is 1. The van der Waals surface area contributed by atoms with Gasteiger partial charge < -0.3 is 10.2 Å². The molecule has 1 aromatic heterocycles. The van der Waals surface area contributed by atoms with E-state index in [4.69, 9.17) is 0 Å². The number of hydrogen-bond donors (Lipinski definition) is 1. The minimum atomic E-state index is 0.868. The molecule has 2 aliphatic heterocycles. The molecule has 1 fully saturated rings. The van der Waals surface area contributed by atoms with Gasteiger partial charge in [0.05, 0.1) is 10.6 Å². The quantitative estimate of drug-likeness (QED) is 0.785. The highest BCUT2D eigenvalue weighted by molar-refractivity contribution is 7.99. The molecular formula is C11H14N4S. The van der Waals surface area contributed by atoms with E-state index in [1.165, 1.54) is 4.90 Å². The van der Waals surface area contributed by atoms with E-state index in [1.807, 2.05) is 6.20 Å². The van der Waals surface area contributed by atoms with Crippen molar-refractivity contribution >= 4 is 23.8 Å². The standard InChI is InChI=1S/C11H14N4S/c1-2-9-10(16-7-1)8-13-11(14-9)15-5-3-12-4-6-15/h1-2,8,12H,3-7H2. The predicted molar refractivity (Wildman–Crippen MR) is 66.9 cm³/mol. The van der Waals surface area contributed by atoms with Crippen molar-refractivity contribution < 1.29 is 0 Å². The van der Waals surface area contributed by atoms with E-state index < -0.39 is 0 Å². The van der Waals surface area contributed by atoms with Crippen molar-refractivity contribution in [3.8, 4) is 0 Å². The molecule has 3 heterocycles. The summed E-state index contributed by atoms with van der Waals surface area (Å²) < 4.78 is 0. The topological polar surface area (TPSA) is 41.1 Å². The molecule has 84 valence electrons. The monoisotopic (exact) mass is 234 g/mol. The van der Waals surface area contributed by atoms with Gasteiger partial charge in [0, 0.05) is 38.1 Å². The van der Waals surface area contributed by atoms with Gasteiger partial charge in [0.15, 0.2) is 0 Å². The molecule has 1 aromatic rings.